The monoisotopic (exact) mass is 567 g/mol. The maximum atomic E-state index is 5.08. The van der Waals surface area contributed by atoms with E-state index in [0.717, 1.165) is 75.3 Å². The van der Waals surface area contributed by atoms with E-state index in [4.69, 9.17) is 24.9 Å². The lowest BCUT2D eigenvalue weighted by molar-refractivity contribution is 0.764. The first-order chi connectivity index (χ1) is 21.8. The number of rotatable bonds is 5. The summed E-state index contributed by atoms with van der Waals surface area (Å²) in [5, 5.41) is 1.11. The Balaban J connectivity index is 1.33. The number of fused-ring (bicyclic) bond motifs is 2. The number of aromatic nitrogens is 5. The molecule has 2 aliphatic rings. The lowest BCUT2D eigenvalue weighted by Gasteiger charge is -2.16. The molecule has 0 amide bonds. The second kappa shape index (κ2) is 11.3. The van der Waals surface area contributed by atoms with Crippen molar-refractivity contribution in [3.8, 4) is 45.3 Å². The molecule has 0 aliphatic heterocycles. The molecule has 5 heteroatoms. The molecule has 0 N–H and O–H groups in total. The molecule has 0 fully saturated rings. The smallest absolute Gasteiger partial charge is 0.163 e. The molecule has 3 aromatic heterocycles. The third-order valence-electron chi connectivity index (χ3n) is 8.25. The fraction of sp³-hybridized carbons (Fsp3) is 0.103. The normalized spacial score (nSPS) is 15.4. The summed E-state index contributed by atoms with van der Waals surface area (Å²) in [7, 11) is 0. The van der Waals surface area contributed by atoms with Gasteiger partial charge in [0.25, 0.3) is 0 Å². The summed E-state index contributed by atoms with van der Waals surface area (Å²) in [6.07, 6.45) is 15.7. The predicted molar refractivity (Wildman–Crippen MR) is 178 cm³/mol. The third kappa shape index (κ3) is 5.13. The summed E-state index contributed by atoms with van der Waals surface area (Å²) in [5.74, 6) is 2.16. The number of hydrogen-bond donors (Lipinski definition) is 0. The predicted octanol–water partition coefficient (Wildman–Crippen LogP) is 9.04. The first kappa shape index (κ1) is 26.1. The van der Waals surface area contributed by atoms with E-state index in [1.54, 1.807) is 0 Å². The number of nitrogens with zero attached hydrogens (tertiary/aromatic N) is 5. The number of hydrogen-bond acceptors (Lipinski definition) is 5. The van der Waals surface area contributed by atoms with Gasteiger partial charge in [-0.05, 0) is 67.3 Å². The zero-order valence-corrected chi connectivity index (χ0v) is 24.1. The molecule has 1 atom stereocenters. The molecule has 210 valence electrons. The lowest BCUT2D eigenvalue weighted by atomic mass is 9.97. The van der Waals surface area contributed by atoms with Gasteiger partial charge in [-0.1, -0.05) is 91.0 Å². The van der Waals surface area contributed by atoms with Crippen LogP contribution in [0, 0.1) is 0 Å². The zero-order valence-electron chi connectivity index (χ0n) is 24.1. The average molecular weight is 568 g/mol. The van der Waals surface area contributed by atoms with Gasteiger partial charge in [0.05, 0.1) is 22.6 Å². The van der Waals surface area contributed by atoms with Gasteiger partial charge in [0, 0.05) is 33.6 Å². The van der Waals surface area contributed by atoms with Gasteiger partial charge in [-0.2, -0.15) is 0 Å². The molecule has 0 bridgehead atoms. The topological polar surface area (TPSA) is 64.5 Å². The Kier molecular flexibility index (Phi) is 6.69. The van der Waals surface area contributed by atoms with E-state index in [0.29, 0.717) is 11.6 Å². The molecule has 0 saturated heterocycles. The molecule has 0 radical (unpaired) electrons. The van der Waals surface area contributed by atoms with Crippen molar-refractivity contribution in [2.75, 3.05) is 0 Å². The van der Waals surface area contributed by atoms with Crippen LogP contribution in [0.4, 0.5) is 0 Å². The molecule has 1 unspecified atom stereocenters. The van der Waals surface area contributed by atoms with Crippen molar-refractivity contribution in [1.82, 2.24) is 24.9 Å². The summed E-state index contributed by atoms with van der Waals surface area (Å²) < 4.78 is 0. The lowest BCUT2D eigenvalue weighted by Crippen LogP contribution is -2.08. The summed E-state index contributed by atoms with van der Waals surface area (Å²) in [6, 6.07) is 33.4. The standard InChI is InChI=1S/C39H29N5/c1-3-13-28(14-4-1)37-42-38(29-15-5-2-6-16-29)44-39(43-37)32-24-30(35-21-19-26-11-7-9-17-33(26)40-35)23-31(25-32)36-22-20-27-12-8-10-18-34(27)41-36/h1-7,9-11,13-15,17-25,29H,8,12,16H2. The first-order valence-electron chi connectivity index (χ1n) is 15.1. The van der Waals surface area contributed by atoms with Crippen molar-refractivity contribution >= 4 is 17.0 Å². The molecular weight excluding hydrogens is 538 g/mol. The number of aryl methyl sites for hydroxylation is 1. The highest BCUT2D eigenvalue weighted by Crippen LogP contribution is 2.34. The van der Waals surface area contributed by atoms with E-state index in [-0.39, 0.29) is 5.92 Å². The van der Waals surface area contributed by atoms with Gasteiger partial charge < -0.3 is 0 Å². The summed E-state index contributed by atoms with van der Waals surface area (Å²) in [5.41, 5.74) is 8.94. The van der Waals surface area contributed by atoms with E-state index in [1.807, 2.05) is 42.5 Å². The molecule has 0 saturated carbocycles. The van der Waals surface area contributed by atoms with Crippen molar-refractivity contribution in [1.29, 1.82) is 0 Å². The molecule has 3 aromatic carbocycles. The molecule has 6 aromatic rings. The highest BCUT2D eigenvalue weighted by Gasteiger charge is 2.19. The number of allylic oxidation sites excluding steroid dienone is 5. The second-order valence-corrected chi connectivity index (χ2v) is 11.2. The molecule has 3 heterocycles. The van der Waals surface area contributed by atoms with Crippen molar-refractivity contribution in [3.05, 3.63) is 145 Å². The largest absolute Gasteiger partial charge is 0.248 e. The van der Waals surface area contributed by atoms with Gasteiger partial charge in [-0.15, -0.1) is 0 Å². The van der Waals surface area contributed by atoms with Crippen LogP contribution in [0.1, 0.15) is 35.8 Å². The Labute approximate surface area is 256 Å². The van der Waals surface area contributed by atoms with Gasteiger partial charge in [-0.25, -0.2) is 24.9 Å². The SMILES string of the molecule is C1=CCC(c2nc(-c3ccccc3)nc(-c3cc(-c4ccc5c(n4)C=CCC5)cc(-c4ccc5ccccc5n4)c3)n2)C=C1. The van der Waals surface area contributed by atoms with Gasteiger partial charge >= 0.3 is 0 Å². The Hall–Kier alpha value is -5.55. The zero-order chi connectivity index (χ0) is 29.3. The van der Waals surface area contributed by atoms with Crippen LogP contribution in [-0.2, 0) is 6.42 Å². The van der Waals surface area contributed by atoms with Gasteiger partial charge in [-0.3, -0.25) is 0 Å². The van der Waals surface area contributed by atoms with E-state index in [1.165, 1.54) is 5.56 Å². The summed E-state index contributed by atoms with van der Waals surface area (Å²) in [4.78, 5) is 25.2. The van der Waals surface area contributed by atoms with Crippen LogP contribution < -0.4 is 0 Å². The minimum Gasteiger partial charge on any atom is -0.248 e. The summed E-state index contributed by atoms with van der Waals surface area (Å²) >= 11 is 0. The van der Waals surface area contributed by atoms with Crippen LogP contribution in [0.15, 0.2) is 127 Å². The van der Waals surface area contributed by atoms with Crippen LogP contribution in [0.5, 0.6) is 0 Å². The third-order valence-corrected chi connectivity index (χ3v) is 8.25. The first-order valence-corrected chi connectivity index (χ1v) is 15.1. The fourth-order valence-electron chi connectivity index (χ4n) is 5.91. The summed E-state index contributed by atoms with van der Waals surface area (Å²) in [6.45, 7) is 0. The molecular formula is C39H29N5. The van der Waals surface area contributed by atoms with Crippen LogP contribution in [0.2, 0.25) is 0 Å². The highest BCUT2D eigenvalue weighted by atomic mass is 15.0. The van der Waals surface area contributed by atoms with Gasteiger partial charge in [0.2, 0.25) is 0 Å². The van der Waals surface area contributed by atoms with Gasteiger partial charge in [0.15, 0.2) is 11.6 Å². The Morgan fingerprint density at radius 1 is 0.568 bits per heavy atom. The minimum absolute atomic E-state index is 0.0862. The molecule has 44 heavy (non-hydrogen) atoms. The van der Waals surface area contributed by atoms with Crippen LogP contribution >= 0.6 is 0 Å². The quantitative estimate of drug-likeness (QED) is 0.208. The Morgan fingerprint density at radius 2 is 1.32 bits per heavy atom. The van der Waals surface area contributed by atoms with Crippen molar-refractivity contribution < 1.29 is 0 Å². The van der Waals surface area contributed by atoms with E-state index < -0.39 is 0 Å². The number of pyridine rings is 2. The van der Waals surface area contributed by atoms with Gasteiger partial charge in [0.1, 0.15) is 5.82 Å². The molecule has 0 spiro atoms. The van der Waals surface area contributed by atoms with Crippen LogP contribution in [0.25, 0.3) is 62.3 Å². The Morgan fingerprint density at radius 3 is 2.16 bits per heavy atom. The maximum Gasteiger partial charge on any atom is 0.163 e. The maximum absolute atomic E-state index is 5.08. The number of benzene rings is 3. The minimum atomic E-state index is 0.0862. The van der Waals surface area contributed by atoms with Crippen molar-refractivity contribution in [3.63, 3.8) is 0 Å². The van der Waals surface area contributed by atoms with E-state index >= 15 is 0 Å². The highest BCUT2D eigenvalue weighted by molar-refractivity contribution is 5.84. The van der Waals surface area contributed by atoms with Crippen LogP contribution in [-0.4, -0.2) is 24.9 Å². The van der Waals surface area contributed by atoms with Crippen LogP contribution in [0.3, 0.4) is 0 Å². The average Bonchev–Trinajstić information content (AvgIpc) is 3.11. The van der Waals surface area contributed by atoms with E-state index in [2.05, 4.69) is 91.1 Å². The Bertz CT molecular complexity index is 2110. The van der Waals surface area contributed by atoms with E-state index in [9.17, 15) is 0 Å². The molecule has 2 aliphatic carbocycles. The second-order valence-electron chi connectivity index (χ2n) is 11.2. The molecule has 5 nitrogen and oxygen atoms in total. The molecule has 8 rings (SSSR count). The van der Waals surface area contributed by atoms with Crippen molar-refractivity contribution in [2.45, 2.75) is 25.2 Å². The fourth-order valence-corrected chi connectivity index (χ4v) is 5.91. The van der Waals surface area contributed by atoms with Crippen molar-refractivity contribution in [2.24, 2.45) is 0 Å². The number of para-hydroxylation sites is 1.